The summed E-state index contributed by atoms with van der Waals surface area (Å²) in [5, 5.41) is 3.01. The van der Waals surface area contributed by atoms with Gasteiger partial charge in [0.25, 0.3) is 10.0 Å². The quantitative estimate of drug-likeness (QED) is 0.188. The van der Waals surface area contributed by atoms with Gasteiger partial charge in [0.2, 0.25) is 11.8 Å². The van der Waals surface area contributed by atoms with Crippen molar-refractivity contribution in [2.24, 2.45) is 0 Å². The Balaban J connectivity index is 1.76. The van der Waals surface area contributed by atoms with E-state index < -0.39 is 28.5 Å². The van der Waals surface area contributed by atoms with Crippen LogP contribution in [0.3, 0.4) is 0 Å². The number of carbonyl (C=O) groups excluding carboxylic acids is 2. The van der Waals surface area contributed by atoms with E-state index in [1.165, 1.54) is 17.0 Å². The van der Waals surface area contributed by atoms with Crippen LogP contribution in [0.1, 0.15) is 36.5 Å². The second-order valence-corrected chi connectivity index (χ2v) is 12.4. The summed E-state index contributed by atoms with van der Waals surface area (Å²) in [5.41, 5.74) is 3.14. The van der Waals surface area contributed by atoms with Crippen LogP contribution in [0.25, 0.3) is 0 Å². The first-order valence-electron chi connectivity index (χ1n) is 14.6. The third-order valence-electron chi connectivity index (χ3n) is 7.19. The van der Waals surface area contributed by atoms with Crippen molar-refractivity contribution in [1.29, 1.82) is 0 Å². The number of para-hydroxylation sites is 1. The summed E-state index contributed by atoms with van der Waals surface area (Å²) in [6, 6.07) is 33.1. The number of anilines is 1. The van der Waals surface area contributed by atoms with E-state index in [-0.39, 0.29) is 23.8 Å². The Labute approximate surface area is 255 Å². The molecule has 0 fully saturated rings. The number of nitrogens with zero attached hydrogens (tertiary/aromatic N) is 2. The standard InChI is InChI=1S/C35H39N3O4S/c1-3-4-23-36-35(40)33(25-29-16-8-5-9-17-29)37(26-30-18-14-15-28(2)24-30)34(39)27-38(31-19-10-6-11-20-31)43(41,42)32-21-12-7-13-22-32/h5-22,24,33H,3-4,23,25-27H2,1-2H3,(H,36,40)/t33-/m1/s1. The second kappa shape index (κ2) is 15.2. The highest BCUT2D eigenvalue weighted by Crippen LogP contribution is 2.25. The molecule has 4 aromatic rings. The molecule has 0 aromatic heterocycles. The van der Waals surface area contributed by atoms with Crippen LogP contribution >= 0.6 is 0 Å². The average molecular weight is 598 g/mol. The summed E-state index contributed by atoms with van der Waals surface area (Å²) in [7, 11) is -4.10. The fraction of sp³-hybridized carbons (Fsp3) is 0.257. The maximum absolute atomic E-state index is 14.4. The van der Waals surface area contributed by atoms with Crippen molar-refractivity contribution < 1.29 is 18.0 Å². The van der Waals surface area contributed by atoms with Crippen LogP contribution in [0.15, 0.2) is 120 Å². The number of amides is 2. The molecule has 7 nitrogen and oxygen atoms in total. The van der Waals surface area contributed by atoms with Crippen molar-refractivity contribution >= 4 is 27.5 Å². The van der Waals surface area contributed by atoms with Crippen LogP contribution in [0.4, 0.5) is 5.69 Å². The van der Waals surface area contributed by atoms with Crippen molar-refractivity contribution in [1.82, 2.24) is 10.2 Å². The van der Waals surface area contributed by atoms with Crippen LogP contribution in [0.2, 0.25) is 0 Å². The summed E-state index contributed by atoms with van der Waals surface area (Å²) >= 11 is 0. The molecule has 43 heavy (non-hydrogen) atoms. The first-order chi connectivity index (χ1) is 20.8. The van der Waals surface area contributed by atoms with Gasteiger partial charge in [0, 0.05) is 19.5 Å². The van der Waals surface area contributed by atoms with Gasteiger partial charge < -0.3 is 10.2 Å². The first kappa shape index (κ1) is 31.5. The lowest BCUT2D eigenvalue weighted by Crippen LogP contribution is -2.53. The van der Waals surface area contributed by atoms with Gasteiger partial charge in [-0.25, -0.2) is 8.42 Å². The third-order valence-corrected chi connectivity index (χ3v) is 8.98. The number of unbranched alkanes of at least 4 members (excludes halogenated alkanes) is 1. The van der Waals surface area contributed by atoms with Gasteiger partial charge in [0.05, 0.1) is 10.6 Å². The second-order valence-electron chi connectivity index (χ2n) is 10.5. The maximum Gasteiger partial charge on any atom is 0.264 e. The molecule has 0 unspecified atom stereocenters. The molecule has 4 aromatic carbocycles. The molecular weight excluding hydrogens is 558 g/mol. The highest BCUT2D eigenvalue weighted by Gasteiger charge is 2.34. The third kappa shape index (κ3) is 8.55. The van der Waals surface area contributed by atoms with Crippen molar-refractivity contribution in [2.45, 2.75) is 50.6 Å². The lowest BCUT2D eigenvalue weighted by atomic mass is 10.0. The zero-order valence-electron chi connectivity index (χ0n) is 24.7. The molecular formula is C35H39N3O4S. The number of nitrogens with one attached hydrogen (secondary N) is 1. The highest BCUT2D eigenvalue weighted by molar-refractivity contribution is 7.92. The van der Waals surface area contributed by atoms with E-state index in [0.717, 1.165) is 33.8 Å². The van der Waals surface area contributed by atoms with Gasteiger partial charge in [-0.05, 0) is 48.7 Å². The summed E-state index contributed by atoms with van der Waals surface area (Å²) in [5.74, 6) is -0.744. The molecule has 0 bridgehead atoms. The molecule has 2 amide bonds. The first-order valence-corrected chi connectivity index (χ1v) is 16.0. The molecule has 0 spiro atoms. The summed E-state index contributed by atoms with van der Waals surface area (Å²) in [4.78, 5) is 29.8. The lowest BCUT2D eigenvalue weighted by molar-refractivity contribution is -0.140. The highest BCUT2D eigenvalue weighted by atomic mass is 32.2. The van der Waals surface area contributed by atoms with Crippen molar-refractivity contribution in [2.75, 3.05) is 17.4 Å². The largest absolute Gasteiger partial charge is 0.354 e. The Hall–Kier alpha value is -4.43. The Morgan fingerprint density at radius 1 is 0.791 bits per heavy atom. The zero-order chi connectivity index (χ0) is 30.7. The summed E-state index contributed by atoms with van der Waals surface area (Å²) in [6.45, 7) is 4.18. The Morgan fingerprint density at radius 3 is 2.02 bits per heavy atom. The number of rotatable bonds is 14. The molecule has 4 rings (SSSR count). The van der Waals surface area contributed by atoms with Gasteiger partial charge >= 0.3 is 0 Å². The molecule has 1 N–H and O–H groups in total. The van der Waals surface area contributed by atoms with Crippen LogP contribution in [-0.4, -0.2) is 44.3 Å². The summed E-state index contributed by atoms with van der Waals surface area (Å²) < 4.78 is 29.0. The van der Waals surface area contributed by atoms with Gasteiger partial charge in [0.15, 0.2) is 0 Å². The zero-order valence-corrected chi connectivity index (χ0v) is 25.5. The van der Waals surface area contributed by atoms with Gasteiger partial charge in [-0.3, -0.25) is 13.9 Å². The lowest BCUT2D eigenvalue weighted by Gasteiger charge is -2.34. The number of hydrogen-bond acceptors (Lipinski definition) is 4. The average Bonchev–Trinajstić information content (AvgIpc) is 3.03. The van der Waals surface area contributed by atoms with E-state index in [0.29, 0.717) is 12.2 Å². The number of benzene rings is 4. The number of aryl methyl sites for hydroxylation is 1. The monoisotopic (exact) mass is 597 g/mol. The molecule has 0 saturated heterocycles. The fourth-order valence-corrected chi connectivity index (χ4v) is 6.35. The fourth-order valence-electron chi connectivity index (χ4n) is 4.91. The minimum atomic E-state index is -4.10. The number of hydrogen-bond donors (Lipinski definition) is 1. The van der Waals surface area contributed by atoms with E-state index in [1.807, 2.05) is 68.4 Å². The van der Waals surface area contributed by atoms with Crippen molar-refractivity contribution in [3.05, 3.63) is 132 Å². The number of carbonyl (C=O) groups is 2. The van der Waals surface area contributed by atoms with Crippen molar-refractivity contribution in [3.8, 4) is 0 Å². The maximum atomic E-state index is 14.4. The molecule has 224 valence electrons. The molecule has 0 saturated carbocycles. The van der Waals surface area contributed by atoms with Gasteiger partial charge in [0.1, 0.15) is 12.6 Å². The minimum Gasteiger partial charge on any atom is -0.354 e. The molecule has 0 heterocycles. The predicted octanol–water partition coefficient (Wildman–Crippen LogP) is 5.75. The minimum absolute atomic E-state index is 0.0787. The van der Waals surface area contributed by atoms with Crippen LogP contribution in [0.5, 0.6) is 0 Å². The molecule has 0 radical (unpaired) electrons. The van der Waals surface area contributed by atoms with E-state index in [1.54, 1.807) is 48.5 Å². The van der Waals surface area contributed by atoms with Gasteiger partial charge in [-0.15, -0.1) is 0 Å². The molecule has 0 aliphatic carbocycles. The van der Waals surface area contributed by atoms with Crippen LogP contribution in [0, 0.1) is 6.92 Å². The predicted molar refractivity (Wildman–Crippen MR) is 171 cm³/mol. The van der Waals surface area contributed by atoms with Crippen molar-refractivity contribution in [3.63, 3.8) is 0 Å². The Bertz CT molecular complexity index is 1580. The Kier molecular flexibility index (Phi) is 11.1. The van der Waals surface area contributed by atoms with Gasteiger partial charge in [-0.2, -0.15) is 0 Å². The van der Waals surface area contributed by atoms with Crippen LogP contribution in [-0.2, 0) is 32.6 Å². The molecule has 0 aliphatic heterocycles. The molecule has 8 heteroatoms. The topological polar surface area (TPSA) is 86.8 Å². The van der Waals surface area contributed by atoms with E-state index >= 15 is 0 Å². The van der Waals surface area contributed by atoms with Gasteiger partial charge in [-0.1, -0.05) is 110 Å². The Morgan fingerprint density at radius 2 is 1.40 bits per heavy atom. The van der Waals surface area contributed by atoms with Crippen LogP contribution < -0.4 is 9.62 Å². The van der Waals surface area contributed by atoms with E-state index in [2.05, 4.69) is 5.32 Å². The normalized spacial score (nSPS) is 11.9. The smallest absolute Gasteiger partial charge is 0.264 e. The number of sulfonamides is 1. The SMILES string of the molecule is CCCCNC(=O)[C@@H](Cc1ccccc1)N(Cc1cccc(C)c1)C(=O)CN(c1ccccc1)S(=O)(=O)c1ccccc1. The van der Waals surface area contributed by atoms with E-state index in [9.17, 15) is 18.0 Å². The summed E-state index contributed by atoms with van der Waals surface area (Å²) in [6.07, 6.45) is 2.01. The molecule has 1 atom stereocenters. The molecule has 0 aliphatic rings. The van der Waals surface area contributed by atoms with E-state index in [4.69, 9.17) is 0 Å².